The van der Waals surface area contributed by atoms with Crippen LogP contribution in [-0.2, 0) is 6.42 Å². The molecular weight excluding hydrogens is 446 g/mol. The lowest BCUT2D eigenvalue weighted by Gasteiger charge is -2.42. The molecule has 6 heteroatoms. The Morgan fingerprint density at radius 1 is 1.25 bits per heavy atom. The number of ether oxygens (including phenoxy) is 1. The summed E-state index contributed by atoms with van der Waals surface area (Å²) in [6.45, 7) is 12.2. The third-order valence-corrected chi connectivity index (χ3v) is 7.64. The lowest BCUT2D eigenvalue weighted by molar-refractivity contribution is 0.0913. The maximum absolute atomic E-state index is 6.49. The summed E-state index contributed by atoms with van der Waals surface area (Å²) in [4.78, 5) is 11.7. The third kappa shape index (κ3) is 4.70. The van der Waals surface area contributed by atoms with E-state index in [1.165, 1.54) is 44.6 Å². The Morgan fingerprint density at radius 3 is 2.78 bits per heavy atom. The normalized spacial score (nSPS) is 20.4. The molecule has 3 heterocycles. The molecular formula is C30H37N5O. The van der Waals surface area contributed by atoms with E-state index in [1.54, 1.807) is 12.4 Å². The van der Waals surface area contributed by atoms with E-state index in [-0.39, 0.29) is 0 Å². The van der Waals surface area contributed by atoms with Gasteiger partial charge in [0.25, 0.3) is 0 Å². The van der Waals surface area contributed by atoms with Crippen LogP contribution in [0, 0.1) is 5.92 Å². The number of likely N-dealkylation sites (tertiary alicyclic amines) is 1. The van der Waals surface area contributed by atoms with Crippen LogP contribution < -0.4 is 10.5 Å². The van der Waals surface area contributed by atoms with Crippen molar-refractivity contribution in [2.24, 2.45) is 5.92 Å². The molecule has 0 radical (unpaired) electrons. The van der Waals surface area contributed by atoms with Gasteiger partial charge in [0.05, 0.1) is 5.39 Å². The monoisotopic (exact) mass is 483 g/mol. The van der Waals surface area contributed by atoms with Crippen LogP contribution in [0.2, 0.25) is 0 Å². The van der Waals surface area contributed by atoms with E-state index in [2.05, 4.69) is 52.2 Å². The predicted molar refractivity (Wildman–Crippen MR) is 148 cm³/mol. The molecule has 1 aromatic carbocycles. The highest BCUT2D eigenvalue weighted by atomic mass is 16.5. The molecule has 0 bridgehead atoms. The fourth-order valence-corrected chi connectivity index (χ4v) is 5.57. The van der Waals surface area contributed by atoms with Crippen molar-refractivity contribution in [3.05, 3.63) is 72.7 Å². The zero-order chi connectivity index (χ0) is 25.1. The second-order valence-corrected chi connectivity index (χ2v) is 9.92. The minimum Gasteiger partial charge on any atom is -0.489 e. The summed E-state index contributed by atoms with van der Waals surface area (Å²) in [5.74, 6) is 2.14. The van der Waals surface area contributed by atoms with Gasteiger partial charge in [-0.3, -0.25) is 0 Å². The Morgan fingerprint density at radius 2 is 2.08 bits per heavy atom. The summed E-state index contributed by atoms with van der Waals surface area (Å²) in [7, 11) is 0. The van der Waals surface area contributed by atoms with Gasteiger partial charge in [0.2, 0.25) is 0 Å². The average Bonchev–Trinajstić information content (AvgIpc) is 3.17. The molecule has 36 heavy (non-hydrogen) atoms. The van der Waals surface area contributed by atoms with Crippen molar-refractivity contribution in [2.75, 3.05) is 32.0 Å². The standard InChI is InChI=1S/C30H37N5O/c1-4-7-10-21(5-2)19-36-25-12-8-11-23(17-25)27-26(6-3)35(30-28(27)29(31)32-20-33-30)24-15-22(16-24)18-34-13-9-14-34/h4-5,7-8,10-12,17,20,22,24H,1,6,9,13-16,18-19H2,2-3H3,(H2,31,32,33)/b10-7-,21-5+/t22-,24+. The lowest BCUT2D eigenvalue weighted by Crippen LogP contribution is -2.44. The zero-order valence-corrected chi connectivity index (χ0v) is 21.5. The maximum Gasteiger partial charge on any atom is 0.146 e. The first-order chi connectivity index (χ1) is 17.6. The van der Waals surface area contributed by atoms with E-state index >= 15 is 0 Å². The molecule has 1 aliphatic heterocycles. The van der Waals surface area contributed by atoms with Gasteiger partial charge in [0.15, 0.2) is 0 Å². The van der Waals surface area contributed by atoms with Crippen LogP contribution in [0.5, 0.6) is 5.75 Å². The Hall–Kier alpha value is -3.38. The predicted octanol–water partition coefficient (Wildman–Crippen LogP) is 5.97. The van der Waals surface area contributed by atoms with Gasteiger partial charge in [0.1, 0.15) is 30.1 Å². The van der Waals surface area contributed by atoms with Crippen LogP contribution in [0.3, 0.4) is 0 Å². The number of hydrogen-bond donors (Lipinski definition) is 1. The Balaban J connectivity index is 1.47. The fourth-order valence-electron chi connectivity index (χ4n) is 5.57. The van der Waals surface area contributed by atoms with E-state index in [4.69, 9.17) is 15.5 Å². The quantitative estimate of drug-likeness (QED) is 0.360. The van der Waals surface area contributed by atoms with Crippen molar-refractivity contribution < 1.29 is 4.74 Å². The van der Waals surface area contributed by atoms with E-state index in [0.29, 0.717) is 18.5 Å². The molecule has 0 atom stereocenters. The molecule has 5 rings (SSSR count). The fraction of sp³-hybridized carbons (Fsp3) is 0.400. The van der Waals surface area contributed by atoms with Crippen molar-refractivity contribution in [3.63, 3.8) is 0 Å². The second-order valence-electron chi connectivity index (χ2n) is 9.92. The van der Waals surface area contributed by atoms with E-state index < -0.39 is 0 Å². The van der Waals surface area contributed by atoms with Gasteiger partial charge >= 0.3 is 0 Å². The molecule has 0 spiro atoms. The number of allylic oxidation sites excluding steroid dienone is 3. The molecule has 2 N–H and O–H groups in total. The molecule has 6 nitrogen and oxygen atoms in total. The molecule has 0 amide bonds. The van der Waals surface area contributed by atoms with Gasteiger partial charge in [-0.05, 0) is 74.9 Å². The number of fused-ring (bicyclic) bond motifs is 1. The van der Waals surface area contributed by atoms with E-state index in [1.807, 2.05) is 25.1 Å². The van der Waals surface area contributed by atoms with Gasteiger partial charge in [-0.1, -0.05) is 49.9 Å². The van der Waals surface area contributed by atoms with Crippen molar-refractivity contribution in [2.45, 2.75) is 45.6 Å². The number of aromatic nitrogens is 3. The van der Waals surface area contributed by atoms with Crippen LogP contribution in [0.4, 0.5) is 5.82 Å². The molecule has 1 saturated carbocycles. The lowest BCUT2D eigenvalue weighted by atomic mass is 9.79. The van der Waals surface area contributed by atoms with Gasteiger partial charge in [-0.2, -0.15) is 0 Å². The van der Waals surface area contributed by atoms with Gasteiger partial charge < -0.3 is 19.9 Å². The van der Waals surface area contributed by atoms with E-state index in [9.17, 15) is 0 Å². The van der Waals surface area contributed by atoms with Crippen LogP contribution in [-0.4, -0.2) is 45.7 Å². The van der Waals surface area contributed by atoms with Gasteiger partial charge in [-0.25, -0.2) is 9.97 Å². The highest BCUT2D eigenvalue weighted by Gasteiger charge is 2.36. The summed E-state index contributed by atoms with van der Waals surface area (Å²) in [5.41, 5.74) is 12.1. The number of nitrogens with two attached hydrogens (primary N) is 1. The largest absolute Gasteiger partial charge is 0.489 e. The van der Waals surface area contributed by atoms with Crippen LogP contribution in [0.25, 0.3) is 22.2 Å². The number of nitrogen functional groups attached to an aromatic ring is 1. The molecule has 2 aliphatic rings. The summed E-state index contributed by atoms with van der Waals surface area (Å²) in [6.07, 6.45) is 14.0. The van der Waals surface area contributed by atoms with Gasteiger partial charge in [0, 0.05) is 23.8 Å². The summed E-state index contributed by atoms with van der Waals surface area (Å²) in [6, 6.07) is 8.77. The number of benzene rings is 1. The highest BCUT2D eigenvalue weighted by Crippen LogP contribution is 2.46. The minimum atomic E-state index is 0.463. The van der Waals surface area contributed by atoms with Crippen LogP contribution >= 0.6 is 0 Å². The topological polar surface area (TPSA) is 69.2 Å². The van der Waals surface area contributed by atoms with Crippen LogP contribution in [0.15, 0.2) is 67.0 Å². The number of rotatable bonds is 10. The minimum absolute atomic E-state index is 0.463. The van der Waals surface area contributed by atoms with E-state index in [0.717, 1.165) is 45.8 Å². The first kappa shape index (κ1) is 24.3. The second kappa shape index (κ2) is 10.7. The maximum atomic E-state index is 6.49. The first-order valence-corrected chi connectivity index (χ1v) is 13.2. The van der Waals surface area contributed by atoms with Crippen molar-refractivity contribution in [1.82, 2.24) is 19.4 Å². The number of hydrogen-bond acceptors (Lipinski definition) is 5. The molecule has 2 aromatic heterocycles. The summed E-state index contributed by atoms with van der Waals surface area (Å²) in [5, 5.41) is 0.959. The highest BCUT2D eigenvalue weighted by molar-refractivity contribution is 6.02. The van der Waals surface area contributed by atoms with Crippen molar-refractivity contribution in [1.29, 1.82) is 0 Å². The molecule has 2 fully saturated rings. The Kier molecular flexibility index (Phi) is 7.23. The molecule has 0 unspecified atom stereocenters. The molecule has 1 saturated heterocycles. The van der Waals surface area contributed by atoms with Crippen LogP contribution in [0.1, 0.15) is 44.8 Å². The van der Waals surface area contributed by atoms with Crippen molar-refractivity contribution >= 4 is 16.9 Å². The smallest absolute Gasteiger partial charge is 0.146 e. The van der Waals surface area contributed by atoms with Crippen molar-refractivity contribution in [3.8, 4) is 16.9 Å². The first-order valence-electron chi connectivity index (χ1n) is 13.2. The SMILES string of the molecule is C=C/C=C\C(=C/C)COc1cccc(-c2c(CC)n([C@H]3C[C@@H](CN4CCC4)C3)c3ncnc(N)c23)c1. The Bertz CT molecular complexity index is 1290. The summed E-state index contributed by atoms with van der Waals surface area (Å²) >= 11 is 0. The number of anilines is 1. The van der Waals surface area contributed by atoms with Gasteiger partial charge in [-0.15, -0.1) is 0 Å². The molecule has 3 aromatic rings. The Labute approximate surface area is 214 Å². The number of nitrogens with zero attached hydrogens (tertiary/aromatic N) is 4. The molecule has 188 valence electrons. The molecule has 1 aliphatic carbocycles. The zero-order valence-electron chi connectivity index (χ0n) is 21.5. The average molecular weight is 484 g/mol. The summed E-state index contributed by atoms with van der Waals surface area (Å²) < 4.78 is 8.62. The third-order valence-electron chi connectivity index (χ3n) is 7.64.